The Morgan fingerprint density at radius 2 is 1.60 bits per heavy atom. The van der Waals surface area contributed by atoms with Gasteiger partial charge >= 0.3 is 0 Å². The van der Waals surface area contributed by atoms with E-state index in [1.165, 1.54) is 33.6 Å². The summed E-state index contributed by atoms with van der Waals surface area (Å²) in [7, 11) is 0. The first-order chi connectivity index (χ1) is 9.06. The minimum Gasteiger partial charge on any atom is -1.00 e. The summed E-state index contributed by atoms with van der Waals surface area (Å²) in [6.45, 7) is 8.64. The molecule has 0 saturated carbocycles. The highest BCUT2D eigenvalue weighted by Crippen LogP contribution is 2.17. The van der Waals surface area contributed by atoms with Crippen LogP contribution >= 0.6 is 0 Å². The Morgan fingerprint density at radius 3 is 2.20 bits per heavy atom. The molecular formula is C17H19ClN2. The lowest BCUT2D eigenvalue weighted by atomic mass is 10.1. The second-order valence-electron chi connectivity index (χ2n) is 5.36. The number of hydrogen-bond acceptors (Lipinski definition) is 0. The molecule has 104 valence electrons. The lowest BCUT2D eigenvalue weighted by molar-refractivity contribution is -0.594. The number of pyridine rings is 1. The largest absolute Gasteiger partial charge is 1.00 e. The Labute approximate surface area is 126 Å². The molecule has 0 N–H and O–H groups in total. The standard InChI is InChI=1S/C17H19N2.ClH/c1-12-8-13(2)17(14(3)9-12)18-10-16-7-5-6-15(4)19(16)11-18;/h5-11H,1-4H3;1H/q+1;/p-1. The maximum Gasteiger partial charge on any atom is 0.254 e. The Morgan fingerprint density at radius 1 is 0.950 bits per heavy atom. The summed E-state index contributed by atoms with van der Waals surface area (Å²) < 4.78 is 4.45. The van der Waals surface area contributed by atoms with Crippen LogP contribution in [-0.2, 0) is 0 Å². The summed E-state index contributed by atoms with van der Waals surface area (Å²) in [5.41, 5.74) is 7.71. The lowest BCUT2D eigenvalue weighted by Gasteiger charge is -2.06. The van der Waals surface area contributed by atoms with Gasteiger partial charge in [-0.1, -0.05) is 23.8 Å². The predicted molar refractivity (Wildman–Crippen MR) is 77.9 cm³/mol. The fourth-order valence-corrected chi connectivity index (χ4v) is 2.92. The highest BCUT2D eigenvalue weighted by Gasteiger charge is 2.14. The zero-order valence-corrected chi connectivity index (χ0v) is 13.1. The van der Waals surface area contributed by atoms with E-state index in [1.807, 2.05) is 0 Å². The Bertz CT molecular complexity index is 749. The molecule has 3 aromatic rings. The molecule has 0 radical (unpaired) electrons. The normalized spacial score (nSPS) is 10.6. The van der Waals surface area contributed by atoms with Crippen LogP contribution in [0.5, 0.6) is 0 Å². The molecular weight excluding hydrogens is 268 g/mol. The van der Waals surface area contributed by atoms with Crippen molar-refractivity contribution in [1.82, 2.24) is 4.40 Å². The van der Waals surface area contributed by atoms with Crippen LogP contribution in [-0.4, -0.2) is 4.40 Å². The first-order valence-electron chi connectivity index (χ1n) is 6.63. The number of benzene rings is 1. The van der Waals surface area contributed by atoms with Gasteiger partial charge in [-0.15, -0.1) is 0 Å². The molecule has 2 aromatic heterocycles. The summed E-state index contributed by atoms with van der Waals surface area (Å²) in [6.07, 6.45) is 4.35. The third kappa shape index (κ3) is 2.32. The van der Waals surface area contributed by atoms with E-state index >= 15 is 0 Å². The van der Waals surface area contributed by atoms with Crippen molar-refractivity contribution < 1.29 is 17.0 Å². The van der Waals surface area contributed by atoms with Crippen molar-refractivity contribution in [3.63, 3.8) is 0 Å². The van der Waals surface area contributed by atoms with Crippen LogP contribution in [0.4, 0.5) is 0 Å². The Hall–Kier alpha value is -1.80. The molecule has 2 heterocycles. The van der Waals surface area contributed by atoms with E-state index in [1.54, 1.807) is 0 Å². The maximum absolute atomic E-state index is 2.24. The van der Waals surface area contributed by atoms with E-state index in [-0.39, 0.29) is 12.4 Å². The smallest absolute Gasteiger partial charge is 0.254 e. The van der Waals surface area contributed by atoms with Gasteiger partial charge in [0, 0.05) is 0 Å². The monoisotopic (exact) mass is 286 g/mol. The van der Waals surface area contributed by atoms with Gasteiger partial charge in [0.15, 0.2) is 5.52 Å². The quantitative estimate of drug-likeness (QED) is 0.575. The van der Waals surface area contributed by atoms with Crippen molar-refractivity contribution in [2.75, 3.05) is 0 Å². The van der Waals surface area contributed by atoms with Crippen LogP contribution in [0.3, 0.4) is 0 Å². The van der Waals surface area contributed by atoms with Crippen molar-refractivity contribution in [1.29, 1.82) is 0 Å². The van der Waals surface area contributed by atoms with Crippen molar-refractivity contribution in [3.05, 3.63) is 65.2 Å². The minimum absolute atomic E-state index is 0. The number of rotatable bonds is 1. The average Bonchev–Trinajstić information content (AvgIpc) is 2.72. The molecule has 1 aromatic carbocycles. The summed E-state index contributed by atoms with van der Waals surface area (Å²) >= 11 is 0. The summed E-state index contributed by atoms with van der Waals surface area (Å²) in [5.74, 6) is 0. The van der Waals surface area contributed by atoms with E-state index in [2.05, 4.69) is 79.5 Å². The van der Waals surface area contributed by atoms with Crippen molar-refractivity contribution >= 4 is 5.52 Å². The fraction of sp³-hybridized carbons (Fsp3) is 0.235. The van der Waals surface area contributed by atoms with Crippen LogP contribution in [0.2, 0.25) is 0 Å². The van der Waals surface area contributed by atoms with Crippen LogP contribution in [0, 0.1) is 27.7 Å². The Kier molecular flexibility index (Phi) is 3.87. The molecule has 2 nitrogen and oxygen atoms in total. The van der Waals surface area contributed by atoms with Gasteiger partial charge in [0.1, 0.15) is 17.6 Å². The predicted octanol–water partition coefficient (Wildman–Crippen LogP) is 0.454. The van der Waals surface area contributed by atoms with Gasteiger partial charge in [0.25, 0.3) is 6.33 Å². The van der Waals surface area contributed by atoms with Gasteiger partial charge < -0.3 is 12.4 Å². The summed E-state index contributed by atoms with van der Waals surface area (Å²) in [5, 5.41) is 0. The van der Waals surface area contributed by atoms with Crippen LogP contribution < -0.4 is 17.0 Å². The van der Waals surface area contributed by atoms with Gasteiger partial charge in [0.2, 0.25) is 0 Å². The number of aryl methyl sites for hydroxylation is 4. The third-order valence-corrected chi connectivity index (χ3v) is 3.67. The second-order valence-corrected chi connectivity index (χ2v) is 5.36. The first-order valence-corrected chi connectivity index (χ1v) is 6.63. The van der Waals surface area contributed by atoms with E-state index in [0.29, 0.717) is 0 Å². The molecule has 0 aliphatic carbocycles. The molecule has 20 heavy (non-hydrogen) atoms. The number of aromatic nitrogens is 2. The van der Waals surface area contributed by atoms with Gasteiger partial charge in [-0.05, 0) is 51.0 Å². The molecule has 0 atom stereocenters. The molecule has 0 fully saturated rings. The molecule has 0 saturated heterocycles. The number of hydrogen-bond donors (Lipinski definition) is 0. The SMILES string of the molecule is Cc1cc(C)c(-[n+]2cc3cccc(C)n3c2)c(C)c1.[Cl-]. The van der Waals surface area contributed by atoms with Crippen molar-refractivity contribution in [2.45, 2.75) is 27.7 Å². The van der Waals surface area contributed by atoms with E-state index < -0.39 is 0 Å². The summed E-state index contributed by atoms with van der Waals surface area (Å²) in [4.78, 5) is 0. The van der Waals surface area contributed by atoms with E-state index in [0.717, 1.165) is 0 Å². The van der Waals surface area contributed by atoms with Crippen LogP contribution in [0.25, 0.3) is 11.2 Å². The molecule has 0 amide bonds. The van der Waals surface area contributed by atoms with Crippen LogP contribution in [0.15, 0.2) is 42.9 Å². The molecule has 0 spiro atoms. The highest BCUT2D eigenvalue weighted by atomic mass is 35.5. The number of nitrogens with zero attached hydrogens (tertiary/aromatic N) is 2. The topological polar surface area (TPSA) is 8.29 Å². The fourth-order valence-electron chi connectivity index (χ4n) is 2.92. The first kappa shape index (κ1) is 14.6. The third-order valence-electron chi connectivity index (χ3n) is 3.67. The average molecular weight is 287 g/mol. The lowest BCUT2D eigenvalue weighted by Crippen LogP contribution is -3.00. The zero-order chi connectivity index (χ0) is 13.6. The number of halogens is 1. The minimum atomic E-state index is 0. The molecule has 0 aliphatic heterocycles. The van der Waals surface area contributed by atoms with Crippen molar-refractivity contribution in [3.8, 4) is 5.69 Å². The molecule has 3 heteroatoms. The van der Waals surface area contributed by atoms with Gasteiger partial charge in [-0.25, -0.2) is 4.57 Å². The number of imidazole rings is 1. The van der Waals surface area contributed by atoms with Gasteiger partial charge in [0.05, 0.1) is 0 Å². The van der Waals surface area contributed by atoms with Crippen LogP contribution in [0.1, 0.15) is 22.4 Å². The zero-order valence-electron chi connectivity index (χ0n) is 12.3. The van der Waals surface area contributed by atoms with E-state index in [4.69, 9.17) is 0 Å². The molecule has 0 unspecified atom stereocenters. The number of fused-ring (bicyclic) bond motifs is 1. The van der Waals surface area contributed by atoms with Gasteiger partial charge in [-0.3, -0.25) is 0 Å². The van der Waals surface area contributed by atoms with Gasteiger partial charge in [-0.2, -0.15) is 4.40 Å². The second kappa shape index (κ2) is 5.29. The summed E-state index contributed by atoms with van der Waals surface area (Å²) in [6, 6.07) is 10.9. The molecule has 3 rings (SSSR count). The highest BCUT2D eigenvalue weighted by molar-refractivity contribution is 5.47. The van der Waals surface area contributed by atoms with Crippen molar-refractivity contribution in [2.24, 2.45) is 0 Å². The Balaban J connectivity index is 0.00000147. The maximum atomic E-state index is 2.24. The van der Waals surface area contributed by atoms with E-state index in [9.17, 15) is 0 Å². The molecule has 0 bridgehead atoms. The molecule has 0 aliphatic rings.